The van der Waals surface area contributed by atoms with E-state index in [9.17, 15) is 0 Å². The minimum atomic E-state index is 0.642. The van der Waals surface area contributed by atoms with E-state index in [-0.39, 0.29) is 0 Å². The van der Waals surface area contributed by atoms with Crippen molar-refractivity contribution in [2.75, 3.05) is 0 Å². The van der Waals surface area contributed by atoms with Gasteiger partial charge in [-0.25, -0.2) is 15.0 Å². The van der Waals surface area contributed by atoms with E-state index in [0.717, 1.165) is 22.4 Å². The third-order valence-electron chi connectivity index (χ3n) is 8.84. The van der Waals surface area contributed by atoms with E-state index in [2.05, 4.69) is 114 Å². The van der Waals surface area contributed by atoms with Gasteiger partial charge in [0.05, 0.1) is 11.0 Å². The fourth-order valence-electron chi connectivity index (χ4n) is 6.65. The fourth-order valence-corrected chi connectivity index (χ4v) is 6.65. The summed E-state index contributed by atoms with van der Waals surface area (Å²) in [6, 6.07) is 59.2. The van der Waals surface area contributed by atoms with Crippen LogP contribution in [-0.2, 0) is 0 Å². The molecule has 220 valence electrons. The lowest BCUT2D eigenvalue weighted by atomic mass is 9.98. The molecule has 4 nitrogen and oxygen atoms in total. The molecule has 7 aromatic carbocycles. The predicted octanol–water partition coefficient (Wildman–Crippen LogP) is 10.8. The van der Waals surface area contributed by atoms with Gasteiger partial charge in [0.1, 0.15) is 0 Å². The van der Waals surface area contributed by atoms with Crippen molar-refractivity contribution in [1.29, 1.82) is 0 Å². The predicted molar refractivity (Wildman–Crippen MR) is 193 cm³/mol. The second kappa shape index (κ2) is 11.2. The van der Waals surface area contributed by atoms with Crippen molar-refractivity contribution in [2.24, 2.45) is 0 Å². The van der Waals surface area contributed by atoms with Crippen molar-refractivity contribution in [3.63, 3.8) is 0 Å². The summed E-state index contributed by atoms with van der Waals surface area (Å²) in [4.78, 5) is 14.8. The Labute approximate surface area is 272 Å². The van der Waals surface area contributed by atoms with Crippen LogP contribution in [-0.4, -0.2) is 19.5 Å². The quantitative estimate of drug-likeness (QED) is 0.197. The average molecular weight is 601 g/mol. The molecule has 9 rings (SSSR count). The van der Waals surface area contributed by atoms with E-state index in [4.69, 9.17) is 15.0 Å². The summed E-state index contributed by atoms with van der Waals surface area (Å²) in [6.45, 7) is 0. The van der Waals surface area contributed by atoms with Gasteiger partial charge >= 0.3 is 0 Å². The molecule has 0 aliphatic carbocycles. The highest BCUT2D eigenvalue weighted by Gasteiger charge is 2.19. The van der Waals surface area contributed by atoms with Crippen LogP contribution in [0.2, 0.25) is 0 Å². The van der Waals surface area contributed by atoms with Gasteiger partial charge in [0.25, 0.3) is 0 Å². The molecule has 0 saturated heterocycles. The fraction of sp³-hybridized carbons (Fsp3) is 0. The van der Waals surface area contributed by atoms with E-state index in [1.165, 1.54) is 43.7 Å². The summed E-state index contributed by atoms with van der Waals surface area (Å²) in [5.74, 6) is 1.95. The number of benzene rings is 7. The Morgan fingerprint density at radius 2 is 0.894 bits per heavy atom. The number of fused-ring (bicyclic) bond motifs is 5. The molecule has 0 radical (unpaired) electrons. The van der Waals surface area contributed by atoms with Gasteiger partial charge in [-0.3, -0.25) is 0 Å². The molecule has 0 N–H and O–H groups in total. The zero-order chi connectivity index (χ0) is 31.2. The maximum absolute atomic E-state index is 4.95. The first-order chi connectivity index (χ1) is 23.3. The van der Waals surface area contributed by atoms with Crippen LogP contribution in [0.3, 0.4) is 0 Å². The smallest absolute Gasteiger partial charge is 0.164 e. The van der Waals surface area contributed by atoms with E-state index in [1.54, 1.807) is 0 Å². The van der Waals surface area contributed by atoms with Crippen molar-refractivity contribution in [3.8, 4) is 51.0 Å². The van der Waals surface area contributed by atoms with E-state index >= 15 is 0 Å². The van der Waals surface area contributed by atoms with E-state index in [0.29, 0.717) is 17.5 Å². The Morgan fingerprint density at radius 3 is 1.51 bits per heavy atom. The molecule has 9 aromatic rings. The minimum absolute atomic E-state index is 0.642. The SMILES string of the molecule is c1ccc(-c2nc(-c3ccccc3)nc(-c3ccc(-n4c5cccc(-c6ccccc6)c5c5ccc6ccccc6c54)cc3)n2)cc1. The number of hydrogen-bond donors (Lipinski definition) is 0. The highest BCUT2D eigenvalue weighted by molar-refractivity contribution is 6.22. The molecule has 0 amide bonds. The van der Waals surface area contributed by atoms with Gasteiger partial charge in [-0.2, -0.15) is 0 Å². The molecule has 2 aromatic heterocycles. The van der Waals surface area contributed by atoms with Crippen molar-refractivity contribution in [3.05, 3.63) is 170 Å². The third kappa shape index (κ3) is 4.66. The van der Waals surface area contributed by atoms with Gasteiger partial charge in [-0.1, -0.05) is 140 Å². The van der Waals surface area contributed by atoms with Crippen LogP contribution in [0.1, 0.15) is 0 Å². The molecule has 0 aliphatic heterocycles. The summed E-state index contributed by atoms with van der Waals surface area (Å²) < 4.78 is 2.40. The van der Waals surface area contributed by atoms with Gasteiger partial charge in [-0.15, -0.1) is 0 Å². The lowest BCUT2D eigenvalue weighted by molar-refractivity contribution is 1.07. The zero-order valence-electron chi connectivity index (χ0n) is 25.5. The van der Waals surface area contributed by atoms with Crippen molar-refractivity contribution >= 4 is 32.6 Å². The van der Waals surface area contributed by atoms with Crippen LogP contribution in [0.25, 0.3) is 83.6 Å². The second-order valence-corrected chi connectivity index (χ2v) is 11.7. The second-order valence-electron chi connectivity index (χ2n) is 11.7. The molecule has 0 atom stereocenters. The third-order valence-corrected chi connectivity index (χ3v) is 8.84. The largest absolute Gasteiger partial charge is 0.309 e. The molecule has 0 aliphatic rings. The topological polar surface area (TPSA) is 43.6 Å². The monoisotopic (exact) mass is 600 g/mol. The Balaban J connectivity index is 1.25. The normalized spacial score (nSPS) is 11.4. The molecule has 0 unspecified atom stereocenters. The first-order valence-corrected chi connectivity index (χ1v) is 15.8. The molecule has 0 spiro atoms. The van der Waals surface area contributed by atoms with Crippen LogP contribution in [0.15, 0.2) is 170 Å². The molecule has 0 bridgehead atoms. The molecular formula is C43H28N4. The van der Waals surface area contributed by atoms with Crippen molar-refractivity contribution in [2.45, 2.75) is 0 Å². The Bertz CT molecular complexity index is 2480. The van der Waals surface area contributed by atoms with Gasteiger partial charge in [0, 0.05) is 38.5 Å². The summed E-state index contributed by atoms with van der Waals surface area (Å²) >= 11 is 0. The standard InChI is InChI=1S/C43H28N4/c1-4-13-29(14-5-1)35-21-12-22-38-39(35)37-28-25-30-15-10-11-20-36(30)40(37)47(38)34-26-23-33(24-27-34)43-45-41(31-16-6-2-7-17-31)44-42(46-43)32-18-8-3-9-19-32/h1-28H. The summed E-state index contributed by atoms with van der Waals surface area (Å²) in [6.07, 6.45) is 0. The number of hydrogen-bond acceptors (Lipinski definition) is 3. The van der Waals surface area contributed by atoms with Gasteiger partial charge in [-0.05, 0) is 46.8 Å². The van der Waals surface area contributed by atoms with Crippen molar-refractivity contribution < 1.29 is 0 Å². The number of rotatable bonds is 5. The van der Waals surface area contributed by atoms with Crippen LogP contribution < -0.4 is 0 Å². The zero-order valence-corrected chi connectivity index (χ0v) is 25.5. The highest BCUT2D eigenvalue weighted by Crippen LogP contribution is 2.41. The molecule has 0 saturated carbocycles. The molecule has 4 heteroatoms. The first kappa shape index (κ1) is 27.0. The molecule has 47 heavy (non-hydrogen) atoms. The Kier molecular flexibility index (Phi) is 6.43. The Morgan fingerprint density at radius 1 is 0.362 bits per heavy atom. The summed E-state index contributed by atoms with van der Waals surface area (Å²) in [7, 11) is 0. The first-order valence-electron chi connectivity index (χ1n) is 15.8. The van der Waals surface area contributed by atoms with Crippen LogP contribution in [0, 0.1) is 0 Å². The average Bonchev–Trinajstić information content (AvgIpc) is 3.51. The lowest BCUT2D eigenvalue weighted by Crippen LogP contribution is -2.00. The minimum Gasteiger partial charge on any atom is -0.309 e. The van der Waals surface area contributed by atoms with Crippen molar-refractivity contribution in [1.82, 2.24) is 19.5 Å². The highest BCUT2D eigenvalue weighted by atomic mass is 15.0. The van der Waals surface area contributed by atoms with Crippen LogP contribution in [0.5, 0.6) is 0 Å². The summed E-state index contributed by atoms with van der Waals surface area (Å²) in [5, 5.41) is 4.93. The Hall–Kier alpha value is -6.39. The van der Waals surface area contributed by atoms with Crippen LogP contribution in [0.4, 0.5) is 0 Å². The lowest BCUT2D eigenvalue weighted by Gasteiger charge is -2.12. The van der Waals surface area contributed by atoms with Crippen LogP contribution >= 0.6 is 0 Å². The number of aromatic nitrogens is 4. The summed E-state index contributed by atoms with van der Waals surface area (Å²) in [5.41, 5.74) is 8.73. The van der Waals surface area contributed by atoms with Gasteiger partial charge in [0.15, 0.2) is 17.5 Å². The van der Waals surface area contributed by atoms with Gasteiger partial charge < -0.3 is 4.57 Å². The number of nitrogens with zero attached hydrogens (tertiary/aromatic N) is 4. The van der Waals surface area contributed by atoms with E-state index < -0.39 is 0 Å². The maximum atomic E-state index is 4.95. The molecule has 2 heterocycles. The van der Waals surface area contributed by atoms with Gasteiger partial charge in [0.2, 0.25) is 0 Å². The van der Waals surface area contributed by atoms with E-state index in [1.807, 2.05) is 60.7 Å². The molecule has 0 fully saturated rings. The molecular weight excluding hydrogens is 573 g/mol. The maximum Gasteiger partial charge on any atom is 0.164 e.